The molecule has 0 aliphatic rings. The van der Waals surface area contributed by atoms with Gasteiger partial charge in [-0.15, -0.1) is 0 Å². The van der Waals surface area contributed by atoms with Crippen molar-refractivity contribution in [3.05, 3.63) is 17.7 Å². The molecular formula is C10H14F2N4O. The minimum atomic E-state index is -0.870. The molecule has 1 aromatic rings. The highest BCUT2D eigenvalue weighted by atomic mass is 19.1. The van der Waals surface area contributed by atoms with E-state index in [9.17, 15) is 13.6 Å². The molecule has 1 aromatic heterocycles. The molecule has 1 heterocycles. The van der Waals surface area contributed by atoms with E-state index < -0.39 is 17.5 Å². The SMILES string of the molecule is CCCNc1nc(NCC(N)=O)c(F)cc1F. The lowest BCUT2D eigenvalue weighted by Gasteiger charge is -2.09. The number of amides is 1. The molecule has 1 rings (SSSR count). The maximum absolute atomic E-state index is 13.3. The normalized spacial score (nSPS) is 10.1. The molecule has 4 N–H and O–H groups in total. The van der Waals surface area contributed by atoms with Crippen molar-refractivity contribution in [1.82, 2.24) is 4.98 Å². The van der Waals surface area contributed by atoms with E-state index in [0.29, 0.717) is 12.6 Å². The zero-order valence-electron chi connectivity index (χ0n) is 9.39. The number of rotatable bonds is 6. The molecule has 0 unspecified atom stereocenters. The average Bonchev–Trinajstić information content (AvgIpc) is 2.26. The summed E-state index contributed by atoms with van der Waals surface area (Å²) in [4.78, 5) is 14.2. The fraction of sp³-hybridized carbons (Fsp3) is 0.400. The Morgan fingerprint density at radius 2 is 1.94 bits per heavy atom. The summed E-state index contributed by atoms with van der Waals surface area (Å²) in [7, 11) is 0. The van der Waals surface area contributed by atoms with Crippen LogP contribution in [-0.4, -0.2) is 24.0 Å². The highest BCUT2D eigenvalue weighted by molar-refractivity contribution is 5.78. The summed E-state index contributed by atoms with van der Waals surface area (Å²) >= 11 is 0. The Kier molecular flexibility index (Phi) is 4.62. The second-order valence-corrected chi connectivity index (χ2v) is 3.40. The van der Waals surface area contributed by atoms with Gasteiger partial charge in [-0.2, -0.15) is 0 Å². The van der Waals surface area contributed by atoms with E-state index >= 15 is 0 Å². The lowest BCUT2D eigenvalue weighted by Crippen LogP contribution is -2.23. The van der Waals surface area contributed by atoms with Gasteiger partial charge in [-0.25, -0.2) is 13.8 Å². The molecule has 0 saturated heterocycles. The number of pyridine rings is 1. The van der Waals surface area contributed by atoms with Gasteiger partial charge in [0.1, 0.15) is 0 Å². The number of anilines is 2. The molecule has 0 bridgehead atoms. The van der Waals surface area contributed by atoms with Gasteiger partial charge in [-0.3, -0.25) is 4.79 Å². The van der Waals surface area contributed by atoms with Gasteiger partial charge < -0.3 is 16.4 Å². The number of halogens is 2. The van der Waals surface area contributed by atoms with Crippen LogP contribution in [0.2, 0.25) is 0 Å². The molecular weight excluding hydrogens is 230 g/mol. The molecule has 7 heteroatoms. The van der Waals surface area contributed by atoms with Gasteiger partial charge in [0.05, 0.1) is 6.54 Å². The van der Waals surface area contributed by atoms with Gasteiger partial charge >= 0.3 is 0 Å². The van der Waals surface area contributed by atoms with Crippen molar-refractivity contribution in [2.24, 2.45) is 5.73 Å². The molecule has 17 heavy (non-hydrogen) atoms. The van der Waals surface area contributed by atoms with Gasteiger partial charge in [0, 0.05) is 12.6 Å². The van der Waals surface area contributed by atoms with Crippen LogP contribution in [0.3, 0.4) is 0 Å². The Hall–Kier alpha value is -1.92. The topological polar surface area (TPSA) is 80.0 Å². The standard InChI is InChI=1S/C10H14F2N4O/c1-2-3-14-9-6(11)4-7(12)10(16-9)15-5-8(13)17/h4H,2-3,5H2,1H3,(H2,13,17)(H2,14,15,16). The fourth-order valence-corrected chi connectivity index (χ4v) is 1.13. The number of aromatic nitrogens is 1. The Bertz CT molecular complexity index is 412. The second-order valence-electron chi connectivity index (χ2n) is 3.40. The second kappa shape index (κ2) is 5.97. The van der Waals surface area contributed by atoms with E-state index in [0.717, 1.165) is 6.42 Å². The smallest absolute Gasteiger partial charge is 0.236 e. The van der Waals surface area contributed by atoms with Gasteiger partial charge in [0.15, 0.2) is 23.3 Å². The molecule has 0 aromatic carbocycles. The third kappa shape index (κ3) is 3.86. The summed E-state index contributed by atoms with van der Waals surface area (Å²) in [6.07, 6.45) is 0.780. The quantitative estimate of drug-likeness (QED) is 0.699. The third-order valence-electron chi connectivity index (χ3n) is 1.90. The summed E-state index contributed by atoms with van der Waals surface area (Å²) < 4.78 is 26.5. The zero-order valence-corrected chi connectivity index (χ0v) is 9.39. The number of nitrogens with zero attached hydrogens (tertiary/aromatic N) is 1. The molecule has 0 fully saturated rings. The highest BCUT2D eigenvalue weighted by Gasteiger charge is 2.11. The van der Waals surface area contributed by atoms with Gasteiger partial charge in [-0.1, -0.05) is 6.92 Å². The van der Waals surface area contributed by atoms with E-state index in [2.05, 4.69) is 15.6 Å². The van der Waals surface area contributed by atoms with Crippen LogP contribution in [0, 0.1) is 11.6 Å². The van der Waals surface area contributed by atoms with E-state index in [-0.39, 0.29) is 18.2 Å². The van der Waals surface area contributed by atoms with E-state index in [1.807, 2.05) is 6.92 Å². The molecule has 5 nitrogen and oxygen atoms in total. The van der Waals surface area contributed by atoms with Crippen LogP contribution >= 0.6 is 0 Å². The van der Waals surface area contributed by atoms with Crippen molar-refractivity contribution in [3.63, 3.8) is 0 Å². The zero-order chi connectivity index (χ0) is 12.8. The van der Waals surface area contributed by atoms with Crippen molar-refractivity contribution in [2.45, 2.75) is 13.3 Å². The molecule has 0 aliphatic heterocycles. The number of hydrogen-bond donors (Lipinski definition) is 3. The van der Waals surface area contributed by atoms with E-state index in [1.165, 1.54) is 0 Å². The number of nitrogens with one attached hydrogen (secondary N) is 2. The van der Waals surface area contributed by atoms with Crippen LogP contribution in [-0.2, 0) is 4.79 Å². The van der Waals surface area contributed by atoms with Crippen molar-refractivity contribution >= 4 is 17.5 Å². The molecule has 94 valence electrons. The monoisotopic (exact) mass is 244 g/mol. The number of primary amides is 1. The van der Waals surface area contributed by atoms with E-state index in [4.69, 9.17) is 5.73 Å². The van der Waals surface area contributed by atoms with Crippen molar-refractivity contribution in [3.8, 4) is 0 Å². The van der Waals surface area contributed by atoms with Gasteiger partial charge in [0.2, 0.25) is 5.91 Å². The Morgan fingerprint density at radius 1 is 1.35 bits per heavy atom. The first kappa shape index (κ1) is 13.1. The summed E-state index contributed by atoms with van der Waals surface area (Å²) in [6, 6.07) is 0.703. The molecule has 0 radical (unpaired) electrons. The van der Waals surface area contributed by atoms with Crippen molar-refractivity contribution in [1.29, 1.82) is 0 Å². The van der Waals surface area contributed by atoms with Crippen molar-refractivity contribution < 1.29 is 13.6 Å². The number of nitrogens with two attached hydrogens (primary N) is 1. The van der Waals surface area contributed by atoms with Crippen LogP contribution < -0.4 is 16.4 Å². The first-order valence-electron chi connectivity index (χ1n) is 5.16. The van der Waals surface area contributed by atoms with Crippen LogP contribution in [0.15, 0.2) is 6.07 Å². The molecule has 0 atom stereocenters. The van der Waals surface area contributed by atoms with Crippen LogP contribution in [0.25, 0.3) is 0 Å². The Labute approximate surface area is 97.4 Å². The Balaban J connectivity index is 2.85. The molecule has 0 saturated carbocycles. The average molecular weight is 244 g/mol. The number of carbonyl (C=O) groups is 1. The van der Waals surface area contributed by atoms with Gasteiger partial charge in [-0.05, 0) is 6.42 Å². The van der Waals surface area contributed by atoms with Crippen molar-refractivity contribution in [2.75, 3.05) is 23.7 Å². The van der Waals surface area contributed by atoms with Crippen LogP contribution in [0.5, 0.6) is 0 Å². The predicted molar refractivity (Wildman–Crippen MR) is 60.6 cm³/mol. The maximum atomic E-state index is 13.3. The minimum Gasteiger partial charge on any atom is -0.368 e. The first-order valence-corrected chi connectivity index (χ1v) is 5.16. The molecule has 1 amide bonds. The Morgan fingerprint density at radius 3 is 2.47 bits per heavy atom. The summed E-state index contributed by atoms with van der Waals surface area (Å²) in [5.41, 5.74) is 4.90. The summed E-state index contributed by atoms with van der Waals surface area (Å²) in [5, 5.41) is 5.10. The lowest BCUT2D eigenvalue weighted by molar-refractivity contribution is -0.116. The first-order chi connectivity index (χ1) is 8.04. The molecule has 0 spiro atoms. The minimum absolute atomic E-state index is 0.0554. The van der Waals surface area contributed by atoms with Gasteiger partial charge in [0.25, 0.3) is 0 Å². The largest absolute Gasteiger partial charge is 0.368 e. The predicted octanol–water partition coefficient (Wildman–Crippen LogP) is 1.08. The summed E-state index contributed by atoms with van der Waals surface area (Å²) in [5.74, 6) is -2.56. The van der Waals surface area contributed by atoms with E-state index in [1.54, 1.807) is 0 Å². The summed E-state index contributed by atoms with van der Waals surface area (Å²) in [6.45, 7) is 2.16. The van der Waals surface area contributed by atoms with Crippen LogP contribution in [0.1, 0.15) is 13.3 Å². The molecule has 0 aliphatic carbocycles. The fourth-order valence-electron chi connectivity index (χ4n) is 1.13. The number of hydrogen-bond acceptors (Lipinski definition) is 4. The highest BCUT2D eigenvalue weighted by Crippen LogP contribution is 2.18. The van der Waals surface area contributed by atoms with Crippen LogP contribution in [0.4, 0.5) is 20.4 Å². The lowest BCUT2D eigenvalue weighted by atomic mass is 10.3. The maximum Gasteiger partial charge on any atom is 0.236 e. The number of carbonyl (C=O) groups excluding carboxylic acids is 1. The third-order valence-corrected chi connectivity index (χ3v) is 1.90.